The SMILES string of the molecule is CC[C@H](C(=O)NC(C)(C)C)N(Cc1ccc(Cl)c(Cl)c1)C(=O)CN(c1ccc(Cl)c(Cl)c1)S(=O)(=O)c1ccccc1. The molecule has 0 bridgehead atoms. The predicted molar refractivity (Wildman–Crippen MR) is 166 cm³/mol. The summed E-state index contributed by atoms with van der Waals surface area (Å²) in [5.74, 6) is -0.988. The van der Waals surface area contributed by atoms with Gasteiger partial charge in [-0.05, 0) is 75.2 Å². The molecule has 0 heterocycles. The number of nitrogens with zero attached hydrogens (tertiary/aromatic N) is 2. The summed E-state index contributed by atoms with van der Waals surface area (Å²) in [4.78, 5) is 28.8. The average molecular weight is 659 g/mol. The zero-order valence-electron chi connectivity index (χ0n) is 23.0. The maximum absolute atomic E-state index is 14.1. The van der Waals surface area contributed by atoms with Crippen LogP contribution in [-0.2, 0) is 26.2 Å². The summed E-state index contributed by atoms with van der Waals surface area (Å²) in [5.41, 5.74) is 0.186. The Bertz CT molecular complexity index is 1510. The smallest absolute Gasteiger partial charge is 0.264 e. The topological polar surface area (TPSA) is 86.8 Å². The molecule has 1 N–H and O–H groups in total. The number of benzene rings is 3. The van der Waals surface area contributed by atoms with Gasteiger partial charge in [-0.2, -0.15) is 0 Å². The van der Waals surface area contributed by atoms with Gasteiger partial charge in [0.15, 0.2) is 0 Å². The van der Waals surface area contributed by atoms with E-state index < -0.39 is 34.1 Å². The molecule has 3 aromatic rings. The van der Waals surface area contributed by atoms with Gasteiger partial charge in [-0.3, -0.25) is 13.9 Å². The van der Waals surface area contributed by atoms with Crippen LogP contribution in [-0.4, -0.2) is 43.3 Å². The number of sulfonamides is 1. The maximum atomic E-state index is 14.1. The number of hydrogen-bond donors (Lipinski definition) is 1. The van der Waals surface area contributed by atoms with E-state index in [9.17, 15) is 18.0 Å². The highest BCUT2D eigenvalue weighted by Crippen LogP contribution is 2.31. The maximum Gasteiger partial charge on any atom is 0.264 e. The van der Waals surface area contributed by atoms with Crippen molar-refractivity contribution in [1.82, 2.24) is 10.2 Å². The van der Waals surface area contributed by atoms with Crippen molar-refractivity contribution in [3.63, 3.8) is 0 Å². The van der Waals surface area contributed by atoms with E-state index in [0.717, 1.165) is 4.31 Å². The van der Waals surface area contributed by atoms with Crippen LogP contribution in [0.5, 0.6) is 0 Å². The highest BCUT2D eigenvalue weighted by atomic mass is 35.5. The van der Waals surface area contributed by atoms with E-state index in [4.69, 9.17) is 46.4 Å². The van der Waals surface area contributed by atoms with Gasteiger partial charge >= 0.3 is 0 Å². The molecular weight excluding hydrogens is 628 g/mol. The predicted octanol–water partition coefficient (Wildman–Crippen LogP) is 7.22. The number of carbonyl (C=O) groups excluding carboxylic acids is 2. The largest absolute Gasteiger partial charge is 0.350 e. The molecule has 0 saturated heterocycles. The summed E-state index contributed by atoms with van der Waals surface area (Å²) in [6.45, 7) is 6.64. The van der Waals surface area contributed by atoms with Gasteiger partial charge in [-0.1, -0.05) is 77.6 Å². The molecule has 1 atom stereocenters. The van der Waals surface area contributed by atoms with Crippen LogP contribution in [0.2, 0.25) is 20.1 Å². The summed E-state index contributed by atoms with van der Waals surface area (Å²) in [7, 11) is -4.23. The lowest BCUT2D eigenvalue weighted by Crippen LogP contribution is -2.55. The van der Waals surface area contributed by atoms with Crippen molar-refractivity contribution >= 4 is 73.9 Å². The molecule has 220 valence electrons. The minimum atomic E-state index is -4.23. The van der Waals surface area contributed by atoms with Crippen molar-refractivity contribution in [3.05, 3.63) is 92.4 Å². The highest BCUT2D eigenvalue weighted by molar-refractivity contribution is 7.92. The van der Waals surface area contributed by atoms with Crippen LogP contribution in [0, 0.1) is 0 Å². The minimum Gasteiger partial charge on any atom is -0.350 e. The van der Waals surface area contributed by atoms with Gasteiger partial charge in [0.05, 0.1) is 30.7 Å². The molecule has 0 fully saturated rings. The number of hydrogen-bond acceptors (Lipinski definition) is 4. The van der Waals surface area contributed by atoms with Gasteiger partial charge in [-0.15, -0.1) is 0 Å². The molecule has 0 spiro atoms. The first-order chi connectivity index (χ1) is 19.1. The van der Waals surface area contributed by atoms with Crippen LogP contribution in [0.15, 0.2) is 71.6 Å². The van der Waals surface area contributed by atoms with E-state index in [1.165, 1.54) is 35.2 Å². The zero-order valence-corrected chi connectivity index (χ0v) is 26.8. The average Bonchev–Trinajstić information content (AvgIpc) is 2.90. The number of anilines is 1. The Hall–Kier alpha value is -2.49. The lowest BCUT2D eigenvalue weighted by molar-refractivity contribution is -0.141. The lowest BCUT2D eigenvalue weighted by Gasteiger charge is -2.35. The van der Waals surface area contributed by atoms with Crippen molar-refractivity contribution in [1.29, 1.82) is 0 Å². The van der Waals surface area contributed by atoms with Crippen molar-refractivity contribution in [2.75, 3.05) is 10.8 Å². The van der Waals surface area contributed by atoms with E-state index >= 15 is 0 Å². The number of halogens is 4. The quantitative estimate of drug-likeness (QED) is 0.249. The summed E-state index contributed by atoms with van der Waals surface area (Å²) >= 11 is 24.7. The number of amides is 2. The van der Waals surface area contributed by atoms with Gasteiger partial charge in [0.1, 0.15) is 12.6 Å². The molecular formula is C29H31Cl4N3O4S. The summed E-state index contributed by atoms with van der Waals surface area (Å²) in [6, 6.07) is 16.0. The van der Waals surface area contributed by atoms with Crippen LogP contribution >= 0.6 is 46.4 Å². The van der Waals surface area contributed by atoms with E-state index in [2.05, 4.69) is 5.32 Å². The monoisotopic (exact) mass is 657 g/mol. The number of rotatable bonds is 10. The molecule has 2 amide bonds. The van der Waals surface area contributed by atoms with Crippen molar-refractivity contribution in [2.24, 2.45) is 0 Å². The molecule has 12 heteroatoms. The molecule has 41 heavy (non-hydrogen) atoms. The Labute approximate surface area is 261 Å². The first-order valence-electron chi connectivity index (χ1n) is 12.7. The third kappa shape index (κ3) is 8.52. The third-order valence-electron chi connectivity index (χ3n) is 6.02. The summed E-state index contributed by atoms with van der Waals surface area (Å²) < 4.78 is 28.7. The molecule has 0 unspecified atom stereocenters. The Kier molecular flexibility index (Phi) is 11.0. The zero-order chi connectivity index (χ0) is 30.5. The van der Waals surface area contributed by atoms with Gasteiger partial charge in [-0.25, -0.2) is 8.42 Å². The van der Waals surface area contributed by atoms with E-state index in [1.807, 2.05) is 20.8 Å². The standard InChI is InChI=1S/C29H31Cl4N3O4S/c1-5-26(28(38)34-29(2,3)4)35(17-19-11-13-22(30)24(32)15-19)27(37)18-36(20-12-14-23(31)25(33)16-20)41(39,40)21-9-7-6-8-10-21/h6-16,26H,5,17-18H2,1-4H3,(H,34,38)/t26-/m1/s1. The Balaban J connectivity index is 2.10. The summed E-state index contributed by atoms with van der Waals surface area (Å²) in [5, 5.41) is 3.89. The van der Waals surface area contributed by atoms with Crippen molar-refractivity contribution in [2.45, 2.75) is 57.1 Å². The Morgan fingerprint density at radius 2 is 1.44 bits per heavy atom. The van der Waals surface area contributed by atoms with Gasteiger partial charge in [0.2, 0.25) is 11.8 Å². The fraction of sp³-hybridized carbons (Fsp3) is 0.310. The first kappa shape index (κ1) is 33.0. The summed E-state index contributed by atoms with van der Waals surface area (Å²) in [6.07, 6.45) is 0.271. The molecule has 0 saturated carbocycles. The first-order valence-corrected chi connectivity index (χ1v) is 15.7. The Morgan fingerprint density at radius 3 is 1.98 bits per heavy atom. The molecule has 0 aliphatic rings. The molecule has 0 radical (unpaired) electrons. The molecule has 0 aliphatic heterocycles. The third-order valence-corrected chi connectivity index (χ3v) is 9.29. The minimum absolute atomic E-state index is 0.0209. The molecule has 7 nitrogen and oxygen atoms in total. The van der Waals surface area contributed by atoms with Crippen LogP contribution in [0.1, 0.15) is 39.7 Å². The molecule has 3 aromatic carbocycles. The van der Waals surface area contributed by atoms with Crippen LogP contribution < -0.4 is 9.62 Å². The molecule has 3 rings (SSSR count). The second-order valence-corrected chi connectivity index (χ2v) is 13.8. The van der Waals surface area contributed by atoms with E-state index in [-0.39, 0.29) is 44.5 Å². The number of carbonyl (C=O) groups is 2. The fourth-order valence-corrected chi connectivity index (χ4v) is 6.14. The van der Waals surface area contributed by atoms with Crippen LogP contribution in [0.3, 0.4) is 0 Å². The van der Waals surface area contributed by atoms with Gasteiger partial charge < -0.3 is 10.2 Å². The van der Waals surface area contributed by atoms with E-state index in [0.29, 0.717) is 10.6 Å². The van der Waals surface area contributed by atoms with Crippen molar-refractivity contribution < 1.29 is 18.0 Å². The fourth-order valence-electron chi connectivity index (χ4n) is 4.10. The second-order valence-electron chi connectivity index (χ2n) is 10.4. The molecule has 0 aromatic heterocycles. The Morgan fingerprint density at radius 1 is 0.854 bits per heavy atom. The normalized spacial score (nSPS) is 12.5. The lowest BCUT2D eigenvalue weighted by atomic mass is 10.1. The second kappa shape index (κ2) is 13.7. The number of nitrogens with one attached hydrogen (secondary N) is 1. The van der Waals surface area contributed by atoms with Crippen LogP contribution in [0.25, 0.3) is 0 Å². The van der Waals surface area contributed by atoms with E-state index in [1.54, 1.807) is 43.3 Å². The van der Waals surface area contributed by atoms with Crippen molar-refractivity contribution in [3.8, 4) is 0 Å². The van der Waals surface area contributed by atoms with Gasteiger partial charge in [0, 0.05) is 12.1 Å². The molecule has 0 aliphatic carbocycles. The van der Waals surface area contributed by atoms with Crippen LogP contribution in [0.4, 0.5) is 5.69 Å². The highest BCUT2D eigenvalue weighted by Gasteiger charge is 2.34. The van der Waals surface area contributed by atoms with Gasteiger partial charge in [0.25, 0.3) is 10.0 Å².